The molecule has 0 N–H and O–H groups in total. The van der Waals surface area contributed by atoms with Gasteiger partial charge >= 0.3 is 11.9 Å². The van der Waals surface area contributed by atoms with Gasteiger partial charge in [0.1, 0.15) is 12.2 Å². The normalized spacial score (nSPS) is 25.8. The van der Waals surface area contributed by atoms with E-state index in [0.717, 1.165) is 19.3 Å². The minimum absolute atomic E-state index is 0.329. The van der Waals surface area contributed by atoms with E-state index in [1.807, 2.05) is 6.07 Å². The fourth-order valence-corrected chi connectivity index (χ4v) is 2.55. The first-order chi connectivity index (χ1) is 9.56. The molecule has 0 aliphatic heterocycles. The lowest BCUT2D eigenvalue weighted by Crippen LogP contribution is -2.39. The number of hydrogen-bond acceptors (Lipinski definition) is 4. The van der Waals surface area contributed by atoms with Crippen LogP contribution in [0.2, 0.25) is 0 Å². The Morgan fingerprint density at radius 2 is 1.75 bits per heavy atom. The molecular formula is C16H20O4. The number of hydrogen-bond donors (Lipinski definition) is 0. The Morgan fingerprint density at radius 3 is 2.40 bits per heavy atom. The number of rotatable bonds is 3. The van der Waals surface area contributed by atoms with Crippen molar-refractivity contribution in [1.82, 2.24) is 0 Å². The largest absolute Gasteiger partial charge is 0.459 e. The van der Waals surface area contributed by atoms with E-state index >= 15 is 0 Å². The van der Waals surface area contributed by atoms with E-state index in [-0.39, 0.29) is 24.1 Å². The summed E-state index contributed by atoms with van der Waals surface area (Å²) in [5, 5.41) is 0. The summed E-state index contributed by atoms with van der Waals surface area (Å²) in [6, 6.07) is 8.87. The van der Waals surface area contributed by atoms with Gasteiger partial charge in [0.25, 0.3) is 0 Å². The predicted molar refractivity (Wildman–Crippen MR) is 74.2 cm³/mol. The summed E-state index contributed by atoms with van der Waals surface area (Å²) in [5.41, 5.74) is 0.521. The highest BCUT2D eigenvalue weighted by Gasteiger charge is 2.33. The molecule has 1 aliphatic carbocycles. The van der Waals surface area contributed by atoms with Crippen LogP contribution in [0.4, 0.5) is 0 Å². The van der Waals surface area contributed by atoms with E-state index in [4.69, 9.17) is 9.47 Å². The van der Waals surface area contributed by atoms with Crippen LogP contribution in [0.15, 0.2) is 30.3 Å². The smallest absolute Gasteiger partial charge is 0.338 e. The van der Waals surface area contributed by atoms with Gasteiger partial charge in [-0.1, -0.05) is 25.1 Å². The SMILES string of the molecule is CC(=O)OC1CC(C)CCC1OC(=O)c1ccccc1. The van der Waals surface area contributed by atoms with Crippen LogP contribution in [0, 0.1) is 5.92 Å². The molecular weight excluding hydrogens is 256 g/mol. The molecule has 2 rings (SSSR count). The molecule has 4 nitrogen and oxygen atoms in total. The van der Waals surface area contributed by atoms with E-state index in [1.54, 1.807) is 24.3 Å². The van der Waals surface area contributed by atoms with Gasteiger partial charge in [0.15, 0.2) is 0 Å². The van der Waals surface area contributed by atoms with Crippen LogP contribution in [0.3, 0.4) is 0 Å². The van der Waals surface area contributed by atoms with Gasteiger partial charge in [0, 0.05) is 6.92 Å². The molecule has 1 aromatic carbocycles. The molecule has 20 heavy (non-hydrogen) atoms. The molecule has 0 saturated heterocycles. The molecule has 1 aromatic rings. The Labute approximate surface area is 119 Å². The van der Waals surface area contributed by atoms with Crippen LogP contribution in [0.25, 0.3) is 0 Å². The maximum atomic E-state index is 12.1. The van der Waals surface area contributed by atoms with Gasteiger partial charge in [-0.25, -0.2) is 4.79 Å². The van der Waals surface area contributed by atoms with Crippen molar-refractivity contribution in [2.75, 3.05) is 0 Å². The summed E-state index contributed by atoms with van der Waals surface area (Å²) in [7, 11) is 0. The molecule has 0 aromatic heterocycles. The van der Waals surface area contributed by atoms with Gasteiger partial charge in [0.05, 0.1) is 5.56 Å². The highest BCUT2D eigenvalue weighted by molar-refractivity contribution is 5.89. The Balaban J connectivity index is 2.02. The minimum atomic E-state index is -0.359. The van der Waals surface area contributed by atoms with Crippen molar-refractivity contribution in [3.05, 3.63) is 35.9 Å². The van der Waals surface area contributed by atoms with E-state index in [9.17, 15) is 9.59 Å². The third-order valence-electron chi connectivity index (χ3n) is 3.58. The summed E-state index contributed by atoms with van der Waals surface area (Å²) in [6.45, 7) is 3.50. The van der Waals surface area contributed by atoms with Crippen molar-refractivity contribution in [2.45, 2.75) is 45.3 Å². The van der Waals surface area contributed by atoms with Crippen LogP contribution in [-0.2, 0) is 14.3 Å². The molecule has 0 amide bonds. The lowest BCUT2D eigenvalue weighted by Gasteiger charge is -2.33. The van der Waals surface area contributed by atoms with Crippen molar-refractivity contribution in [1.29, 1.82) is 0 Å². The zero-order chi connectivity index (χ0) is 14.5. The molecule has 4 heteroatoms. The average Bonchev–Trinajstić information content (AvgIpc) is 2.42. The Bertz CT molecular complexity index is 469. The van der Waals surface area contributed by atoms with Gasteiger partial charge in [-0.2, -0.15) is 0 Å². The number of benzene rings is 1. The van der Waals surface area contributed by atoms with E-state index in [2.05, 4.69) is 6.92 Å². The quantitative estimate of drug-likeness (QED) is 0.796. The maximum Gasteiger partial charge on any atom is 0.338 e. The lowest BCUT2D eigenvalue weighted by molar-refractivity contribution is -0.156. The standard InChI is InChI=1S/C16H20O4/c1-11-8-9-14(15(10-11)19-12(2)17)20-16(18)13-6-4-3-5-7-13/h3-7,11,14-15H,8-10H2,1-2H3. The van der Waals surface area contributed by atoms with Crippen LogP contribution in [0.1, 0.15) is 43.5 Å². The van der Waals surface area contributed by atoms with Crippen LogP contribution in [-0.4, -0.2) is 24.1 Å². The minimum Gasteiger partial charge on any atom is -0.459 e. The molecule has 0 radical (unpaired) electrons. The fourth-order valence-electron chi connectivity index (χ4n) is 2.55. The van der Waals surface area contributed by atoms with Gasteiger partial charge in [-0.3, -0.25) is 4.79 Å². The Morgan fingerprint density at radius 1 is 1.05 bits per heavy atom. The van der Waals surface area contributed by atoms with Crippen molar-refractivity contribution < 1.29 is 19.1 Å². The van der Waals surface area contributed by atoms with Gasteiger partial charge in [-0.05, 0) is 37.3 Å². The first-order valence-corrected chi connectivity index (χ1v) is 6.99. The molecule has 3 unspecified atom stereocenters. The zero-order valence-electron chi connectivity index (χ0n) is 11.9. The predicted octanol–water partition coefficient (Wildman–Crippen LogP) is 2.96. The van der Waals surface area contributed by atoms with Crippen molar-refractivity contribution in [3.8, 4) is 0 Å². The molecule has 0 bridgehead atoms. The monoisotopic (exact) mass is 276 g/mol. The molecule has 1 saturated carbocycles. The summed E-state index contributed by atoms with van der Waals surface area (Å²) in [6.07, 6.45) is 1.78. The summed E-state index contributed by atoms with van der Waals surface area (Å²) >= 11 is 0. The zero-order valence-corrected chi connectivity index (χ0v) is 11.9. The fraction of sp³-hybridized carbons (Fsp3) is 0.500. The van der Waals surface area contributed by atoms with E-state index in [1.165, 1.54) is 6.92 Å². The Hall–Kier alpha value is -1.84. The molecule has 3 atom stereocenters. The number of ether oxygens (including phenoxy) is 2. The molecule has 108 valence electrons. The second kappa shape index (κ2) is 6.55. The van der Waals surface area contributed by atoms with Crippen molar-refractivity contribution >= 4 is 11.9 Å². The van der Waals surface area contributed by atoms with Gasteiger partial charge < -0.3 is 9.47 Å². The lowest BCUT2D eigenvalue weighted by atomic mass is 9.86. The molecule has 0 heterocycles. The van der Waals surface area contributed by atoms with E-state index in [0.29, 0.717) is 11.5 Å². The second-order valence-corrected chi connectivity index (χ2v) is 5.38. The third-order valence-corrected chi connectivity index (χ3v) is 3.58. The third kappa shape index (κ3) is 3.83. The molecule has 1 fully saturated rings. The van der Waals surface area contributed by atoms with Crippen LogP contribution >= 0.6 is 0 Å². The summed E-state index contributed by atoms with van der Waals surface area (Å²) in [4.78, 5) is 23.2. The number of carbonyl (C=O) groups is 2. The van der Waals surface area contributed by atoms with Crippen molar-refractivity contribution in [2.24, 2.45) is 5.92 Å². The molecule has 1 aliphatic rings. The highest BCUT2D eigenvalue weighted by atomic mass is 16.6. The molecule has 0 spiro atoms. The summed E-state index contributed by atoms with van der Waals surface area (Å²) in [5.74, 6) is -0.210. The number of esters is 2. The van der Waals surface area contributed by atoms with Gasteiger partial charge in [-0.15, -0.1) is 0 Å². The van der Waals surface area contributed by atoms with Crippen LogP contribution in [0.5, 0.6) is 0 Å². The average molecular weight is 276 g/mol. The highest BCUT2D eigenvalue weighted by Crippen LogP contribution is 2.29. The first kappa shape index (κ1) is 14.6. The van der Waals surface area contributed by atoms with E-state index < -0.39 is 0 Å². The number of carbonyl (C=O) groups excluding carboxylic acids is 2. The first-order valence-electron chi connectivity index (χ1n) is 6.99. The maximum absolute atomic E-state index is 12.1. The summed E-state index contributed by atoms with van der Waals surface area (Å²) < 4.78 is 10.8. The second-order valence-electron chi connectivity index (χ2n) is 5.38. The topological polar surface area (TPSA) is 52.6 Å². The van der Waals surface area contributed by atoms with Crippen molar-refractivity contribution in [3.63, 3.8) is 0 Å². The Kier molecular flexibility index (Phi) is 4.77. The van der Waals surface area contributed by atoms with Gasteiger partial charge in [0.2, 0.25) is 0 Å². The van der Waals surface area contributed by atoms with Crippen LogP contribution < -0.4 is 0 Å².